The van der Waals surface area contributed by atoms with Gasteiger partial charge in [0.2, 0.25) is 0 Å². The first-order valence-electron chi connectivity index (χ1n) is 3.88. The number of pyridine rings is 1. The van der Waals surface area contributed by atoms with Gasteiger partial charge in [-0.15, -0.1) is 0 Å². The summed E-state index contributed by atoms with van der Waals surface area (Å²) in [5.74, 6) is 0. The summed E-state index contributed by atoms with van der Waals surface area (Å²) < 4.78 is 4.62. The maximum atomic E-state index is 10.4. The van der Waals surface area contributed by atoms with Gasteiger partial charge in [-0.1, -0.05) is 16.8 Å². The number of hydrogen-bond acceptors (Lipinski definition) is 5. The zero-order valence-corrected chi connectivity index (χ0v) is 8.01. The fourth-order valence-electron chi connectivity index (χ4n) is 1.06. The molecule has 0 saturated carbocycles. The lowest BCUT2D eigenvalue weighted by Gasteiger charge is -1.98. The van der Waals surface area contributed by atoms with Gasteiger partial charge in [0.15, 0.2) is 0 Å². The maximum Gasteiger partial charge on any atom is 0.289 e. The molecule has 0 spiro atoms. The highest BCUT2D eigenvalue weighted by atomic mass is 35.5. The first-order chi connectivity index (χ1) is 7.18. The van der Waals surface area contributed by atoms with E-state index in [-0.39, 0.29) is 10.7 Å². The largest absolute Gasteiger partial charge is 0.364 e. The number of aromatic nitrogens is 2. The molecule has 0 fully saturated rings. The van der Waals surface area contributed by atoms with Crippen molar-refractivity contribution in [2.24, 2.45) is 0 Å². The highest BCUT2D eigenvalue weighted by Gasteiger charge is 2.13. The van der Waals surface area contributed by atoms with Crippen LogP contribution in [-0.4, -0.2) is 15.1 Å². The normalized spacial score (nSPS) is 10.2. The molecule has 2 heterocycles. The summed E-state index contributed by atoms with van der Waals surface area (Å²) in [6.45, 7) is 0. The molecular weight excluding hydrogens is 222 g/mol. The van der Waals surface area contributed by atoms with Crippen LogP contribution in [0.2, 0.25) is 5.02 Å². The Kier molecular flexibility index (Phi) is 2.34. The lowest BCUT2D eigenvalue weighted by atomic mass is 10.2. The molecule has 0 aliphatic heterocycles. The van der Waals surface area contributed by atoms with E-state index in [1.165, 1.54) is 18.5 Å². The molecule has 2 aromatic rings. The predicted octanol–water partition coefficient (Wildman–Crippen LogP) is 2.30. The summed E-state index contributed by atoms with van der Waals surface area (Å²) in [4.78, 5) is 13.7. The van der Waals surface area contributed by atoms with Crippen LogP contribution >= 0.6 is 11.6 Å². The van der Waals surface area contributed by atoms with Crippen LogP contribution < -0.4 is 0 Å². The molecular formula is C8H4ClN3O3. The maximum absolute atomic E-state index is 10.4. The molecule has 0 aromatic carbocycles. The van der Waals surface area contributed by atoms with E-state index in [4.69, 9.17) is 11.6 Å². The minimum atomic E-state index is -0.559. The molecule has 0 radical (unpaired) electrons. The molecule has 0 atom stereocenters. The predicted molar refractivity (Wildman–Crippen MR) is 51.4 cm³/mol. The van der Waals surface area contributed by atoms with Gasteiger partial charge in [0.25, 0.3) is 5.69 Å². The molecule has 76 valence electrons. The van der Waals surface area contributed by atoms with Gasteiger partial charge in [-0.3, -0.25) is 10.1 Å². The molecule has 0 saturated heterocycles. The van der Waals surface area contributed by atoms with Crippen molar-refractivity contribution in [2.75, 3.05) is 0 Å². The Hall–Kier alpha value is -1.95. The summed E-state index contributed by atoms with van der Waals surface area (Å²) in [6.07, 6.45) is 3.92. The van der Waals surface area contributed by atoms with Crippen LogP contribution in [0.5, 0.6) is 0 Å². The standard InChI is InChI=1S/C8H4ClN3O3/c9-7-1-6(12(13)14)3-10-8(7)5-2-11-15-4-5/h1-4H. The fraction of sp³-hybridized carbons (Fsp3) is 0. The van der Waals surface area contributed by atoms with Gasteiger partial charge >= 0.3 is 0 Å². The molecule has 0 unspecified atom stereocenters. The minimum absolute atomic E-state index is 0.153. The number of nitrogens with zero attached hydrogens (tertiary/aromatic N) is 3. The zero-order valence-electron chi connectivity index (χ0n) is 7.25. The van der Waals surface area contributed by atoms with Crippen molar-refractivity contribution in [3.05, 3.63) is 39.9 Å². The van der Waals surface area contributed by atoms with E-state index in [1.54, 1.807) is 0 Å². The van der Waals surface area contributed by atoms with E-state index in [0.29, 0.717) is 11.3 Å². The summed E-state index contributed by atoms with van der Waals surface area (Å²) >= 11 is 5.83. The van der Waals surface area contributed by atoms with Crippen molar-refractivity contribution in [1.29, 1.82) is 0 Å². The van der Waals surface area contributed by atoms with E-state index in [9.17, 15) is 10.1 Å². The molecule has 0 amide bonds. The second-order valence-electron chi connectivity index (χ2n) is 2.69. The number of hydrogen-bond donors (Lipinski definition) is 0. The van der Waals surface area contributed by atoms with E-state index < -0.39 is 4.92 Å². The van der Waals surface area contributed by atoms with E-state index in [1.807, 2.05) is 0 Å². The Bertz CT molecular complexity index is 498. The Morgan fingerprint density at radius 1 is 1.47 bits per heavy atom. The Balaban J connectivity index is 2.48. The van der Waals surface area contributed by atoms with Gasteiger partial charge in [-0.25, -0.2) is 4.98 Å². The second kappa shape index (κ2) is 3.66. The minimum Gasteiger partial charge on any atom is -0.364 e. The van der Waals surface area contributed by atoms with Gasteiger partial charge in [-0.05, 0) is 0 Å². The first kappa shape index (κ1) is 9.60. The first-order valence-corrected chi connectivity index (χ1v) is 4.26. The van der Waals surface area contributed by atoms with Gasteiger partial charge < -0.3 is 4.52 Å². The third-order valence-corrected chi connectivity index (χ3v) is 2.03. The molecule has 0 N–H and O–H groups in total. The molecule has 0 bridgehead atoms. The van der Waals surface area contributed by atoms with Crippen molar-refractivity contribution < 1.29 is 9.45 Å². The van der Waals surface area contributed by atoms with Crippen LogP contribution in [0, 0.1) is 10.1 Å². The van der Waals surface area contributed by atoms with E-state index >= 15 is 0 Å². The third kappa shape index (κ3) is 1.79. The van der Waals surface area contributed by atoms with Crippen molar-refractivity contribution in [2.45, 2.75) is 0 Å². The van der Waals surface area contributed by atoms with Crippen molar-refractivity contribution in [1.82, 2.24) is 10.1 Å². The van der Waals surface area contributed by atoms with Gasteiger partial charge in [0.05, 0.1) is 27.4 Å². The van der Waals surface area contributed by atoms with Gasteiger partial charge in [-0.2, -0.15) is 0 Å². The van der Waals surface area contributed by atoms with Gasteiger partial charge in [0.1, 0.15) is 12.5 Å². The Labute approximate surface area is 88.6 Å². The highest BCUT2D eigenvalue weighted by molar-refractivity contribution is 6.33. The zero-order chi connectivity index (χ0) is 10.8. The lowest BCUT2D eigenvalue weighted by molar-refractivity contribution is -0.385. The number of halogens is 1. The fourth-order valence-corrected chi connectivity index (χ4v) is 1.33. The SMILES string of the molecule is O=[N+]([O-])c1cnc(-c2cnoc2)c(Cl)c1. The second-order valence-corrected chi connectivity index (χ2v) is 3.10. The van der Waals surface area contributed by atoms with Crippen molar-refractivity contribution >= 4 is 17.3 Å². The topological polar surface area (TPSA) is 82.1 Å². The molecule has 0 aliphatic carbocycles. The lowest BCUT2D eigenvalue weighted by Crippen LogP contribution is -1.91. The van der Waals surface area contributed by atoms with Crippen LogP contribution in [0.3, 0.4) is 0 Å². The summed E-state index contributed by atoms with van der Waals surface area (Å²) in [5.41, 5.74) is 0.832. The van der Waals surface area contributed by atoms with Crippen LogP contribution in [0.4, 0.5) is 5.69 Å². The van der Waals surface area contributed by atoms with Crippen molar-refractivity contribution in [3.8, 4) is 11.3 Å². The average Bonchev–Trinajstić information content (AvgIpc) is 2.70. The van der Waals surface area contributed by atoms with Crippen LogP contribution in [0.25, 0.3) is 11.3 Å². The summed E-state index contributed by atoms with van der Waals surface area (Å²) in [6, 6.07) is 1.23. The number of nitro groups is 1. The van der Waals surface area contributed by atoms with Crippen LogP contribution in [-0.2, 0) is 0 Å². The molecule has 15 heavy (non-hydrogen) atoms. The quantitative estimate of drug-likeness (QED) is 0.578. The van der Waals surface area contributed by atoms with Crippen LogP contribution in [0.15, 0.2) is 29.2 Å². The molecule has 2 rings (SSSR count). The number of rotatable bonds is 2. The van der Waals surface area contributed by atoms with E-state index in [0.717, 1.165) is 6.20 Å². The summed E-state index contributed by atoms with van der Waals surface area (Å²) in [5, 5.41) is 14.1. The Morgan fingerprint density at radius 3 is 2.80 bits per heavy atom. The monoisotopic (exact) mass is 225 g/mol. The third-order valence-electron chi connectivity index (χ3n) is 1.74. The van der Waals surface area contributed by atoms with E-state index in [2.05, 4.69) is 14.7 Å². The van der Waals surface area contributed by atoms with Crippen molar-refractivity contribution in [3.63, 3.8) is 0 Å². The highest BCUT2D eigenvalue weighted by Crippen LogP contribution is 2.27. The van der Waals surface area contributed by atoms with Crippen LogP contribution in [0.1, 0.15) is 0 Å². The molecule has 2 aromatic heterocycles. The molecule has 0 aliphatic rings. The Morgan fingerprint density at radius 2 is 2.27 bits per heavy atom. The average molecular weight is 226 g/mol. The smallest absolute Gasteiger partial charge is 0.289 e. The molecule has 7 heteroatoms. The molecule has 6 nitrogen and oxygen atoms in total. The summed E-state index contributed by atoms with van der Waals surface area (Å²) in [7, 11) is 0. The van der Waals surface area contributed by atoms with Gasteiger partial charge in [0, 0.05) is 6.07 Å².